The highest BCUT2D eigenvalue weighted by Crippen LogP contribution is 2.18. The summed E-state index contributed by atoms with van der Waals surface area (Å²) in [6, 6.07) is 2.20. The third kappa shape index (κ3) is 2.62. The van der Waals surface area contributed by atoms with Crippen LogP contribution in [-0.2, 0) is 13.5 Å². The Labute approximate surface area is 98.4 Å². The molecule has 0 fully saturated rings. The van der Waals surface area contributed by atoms with Crippen molar-refractivity contribution < 1.29 is 0 Å². The molecule has 4 heteroatoms. The van der Waals surface area contributed by atoms with Gasteiger partial charge in [-0.05, 0) is 40.9 Å². The number of aryl methyl sites for hydroxylation is 2. The molecule has 1 heterocycles. The summed E-state index contributed by atoms with van der Waals surface area (Å²) in [6.45, 7) is 6.34. The van der Waals surface area contributed by atoms with Crippen molar-refractivity contribution in [3.05, 3.63) is 17.5 Å². The Bertz CT molecular complexity index is 352. The van der Waals surface area contributed by atoms with Gasteiger partial charge in [0, 0.05) is 30.7 Å². The molecule has 92 valence electrons. The fourth-order valence-electron chi connectivity index (χ4n) is 1.66. The van der Waals surface area contributed by atoms with Crippen LogP contribution in [0.5, 0.6) is 0 Å². The highest BCUT2D eigenvalue weighted by Gasteiger charge is 2.29. The van der Waals surface area contributed by atoms with Crippen LogP contribution in [0.1, 0.15) is 25.2 Å². The van der Waals surface area contributed by atoms with E-state index in [-0.39, 0.29) is 11.6 Å². The molecule has 1 atom stereocenters. The Morgan fingerprint density at radius 3 is 2.44 bits per heavy atom. The average Bonchev–Trinajstić information content (AvgIpc) is 2.44. The van der Waals surface area contributed by atoms with Crippen LogP contribution < -0.4 is 5.73 Å². The molecule has 1 unspecified atom stereocenters. The lowest BCUT2D eigenvalue weighted by Gasteiger charge is -2.38. The van der Waals surface area contributed by atoms with Crippen LogP contribution in [0.3, 0.4) is 0 Å². The smallest absolute Gasteiger partial charge is 0.0596 e. The molecule has 0 saturated heterocycles. The number of aromatic nitrogens is 2. The van der Waals surface area contributed by atoms with Crippen LogP contribution in [0, 0.1) is 6.92 Å². The fourth-order valence-corrected chi connectivity index (χ4v) is 1.66. The average molecular weight is 224 g/mol. The SMILES string of the molecule is Cc1cc(CC(N)C(C)(C)N(C)C)n(C)n1. The minimum Gasteiger partial charge on any atom is -0.326 e. The molecule has 0 radical (unpaired) electrons. The van der Waals surface area contributed by atoms with Gasteiger partial charge in [-0.3, -0.25) is 4.68 Å². The maximum Gasteiger partial charge on any atom is 0.0596 e. The van der Waals surface area contributed by atoms with Crippen LogP contribution in [0.2, 0.25) is 0 Å². The van der Waals surface area contributed by atoms with E-state index in [0.29, 0.717) is 0 Å². The van der Waals surface area contributed by atoms with Gasteiger partial charge >= 0.3 is 0 Å². The van der Waals surface area contributed by atoms with Crippen LogP contribution >= 0.6 is 0 Å². The minimum atomic E-state index is -0.0157. The third-order valence-corrected chi connectivity index (χ3v) is 3.59. The molecule has 2 N–H and O–H groups in total. The number of likely N-dealkylation sites (N-methyl/N-ethyl adjacent to an activating group) is 1. The lowest BCUT2D eigenvalue weighted by molar-refractivity contribution is 0.157. The van der Waals surface area contributed by atoms with Gasteiger partial charge in [0.15, 0.2) is 0 Å². The fraction of sp³-hybridized carbons (Fsp3) is 0.750. The molecule has 0 spiro atoms. The Morgan fingerprint density at radius 2 is 2.06 bits per heavy atom. The van der Waals surface area contributed by atoms with Gasteiger partial charge in [-0.25, -0.2) is 0 Å². The molecular formula is C12H24N4. The summed E-state index contributed by atoms with van der Waals surface area (Å²) in [5.74, 6) is 0. The second-order valence-corrected chi connectivity index (χ2v) is 5.26. The zero-order valence-corrected chi connectivity index (χ0v) is 11.3. The van der Waals surface area contributed by atoms with Gasteiger partial charge < -0.3 is 10.6 Å². The first-order valence-electron chi connectivity index (χ1n) is 5.67. The van der Waals surface area contributed by atoms with Gasteiger partial charge in [0.1, 0.15) is 0 Å². The van der Waals surface area contributed by atoms with E-state index >= 15 is 0 Å². The van der Waals surface area contributed by atoms with Crippen molar-refractivity contribution in [2.75, 3.05) is 14.1 Å². The molecule has 1 rings (SSSR count). The largest absolute Gasteiger partial charge is 0.326 e. The molecule has 0 aliphatic rings. The molecule has 0 saturated carbocycles. The summed E-state index contributed by atoms with van der Waals surface area (Å²) in [5, 5.41) is 4.34. The number of nitrogens with two attached hydrogens (primary N) is 1. The van der Waals surface area contributed by atoms with Crippen molar-refractivity contribution in [3.63, 3.8) is 0 Å². The summed E-state index contributed by atoms with van der Waals surface area (Å²) in [6.07, 6.45) is 0.850. The van der Waals surface area contributed by atoms with Crippen LogP contribution in [0.15, 0.2) is 6.07 Å². The Morgan fingerprint density at radius 1 is 1.50 bits per heavy atom. The molecule has 16 heavy (non-hydrogen) atoms. The van der Waals surface area contributed by atoms with E-state index in [9.17, 15) is 0 Å². The highest BCUT2D eigenvalue weighted by molar-refractivity contribution is 5.11. The molecule has 0 bridgehead atoms. The van der Waals surface area contributed by atoms with Crippen molar-refractivity contribution in [2.24, 2.45) is 12.8 Å². The highest BCUT2D eigenvalue weighted by atomic mass is 15.3. The molecule has 1 aromatic heterocycles. The zero-order chi connectivity index (χ0) is 12.5. The number of hydrogen-bond acceptors (Lipinski definition) is 3. The van der Waals surface area contributed by atoms with E-state index in [4.69, 9.17) is 5.73 Å². The standard InChI is InChI=1S/C12H24N4/c1-9-7-10(16(6)14-9)8-11(13)12(2,3)15(4)5/h7,11H,8,13H2,1-6H3. The first-order valence-corrected chi connectivity index (χ1v) is 5.67. The maximum atomic E-state index is 6.28. The second kappa shape index (κ2) is 4.55. The monoisotopic (exact) mass is 224 g/mol. The summed E-state index contributed by atoms with van der Waals surface area (Å²) < 4.78 is 1.92. The van der Waals surface area contributed by atoms with Gasteiger partial charge in [-0.2, -0.15) is 5.10 Å². The molecule has 4 nitrogen and oxygen atoms in total. The van der Waals surface area contributed by atoms with E-state index in [1.165, 1.54) is 5.69 Å². The summed E-state index contributed by atoms with van der Waals surface area (Å²) >= 11 is 0. The lowest BCUT2D eigenvalue weighted by Crippen LogP contribution is -2.54. The number of hydrogen-bond donors (Lipinski definition) is 1. The minimum absolute atomic E-state index is 0.0157. The maximum absolute atomic E-state index is 6.28. The molecule has 0 aromatic carbocycles. The number of rotatable bonds is 4. The summed E-state index contributed by atoms with van der Waals surface area (Å²) in [4.78, 5) is 2.17. The van der Waals surface area contributed by atoms with E-state index < -0.39 is 0 Å². The van der Waals surface area contributed by atoms with E-state index in [2.05, 4.69) is 44.0 Å². The molecular weight excluding hydrogens is 200 g/mol. The van der Waals surface area contributed by atoms with Gasteiger partial charge in [0.25, 0.3) is 0 Å². The predicted molar refractivity (Wildman–Crippen MR) is 67.4 cm³/mol. The Kier molecular flexibility index (Phi) is 3.76. The molecule has 0 aliphatic heterocycles. The quantitative estimate of drug-likeness (QED) is 0.828. The molecule has 0 aliphatic carbocycles. The third-order valence-electron chi connectivity index (χ3n) is 3.59. The van der Waals surface area contributed by atoms with Crippen LogP contribution in [-0.4, -0.2) is 40.4 Å². The summed E-state index contributed by atoms with van der Waals surface area (Å²) in [5.41, 5.74) is 8.51. The normalized spacial score (nSPS) is 14.5. The predicted octanol–water partition coefficient (Wildman–Crippen LogP) is 0.939. The first kappa shape index (κ1) is 13.2. The lowest BCUT2D eigenvalue weighted by atomic mass is 9.90. The Balaban J connectivity index is 2.78. The van der Waals surface area contributed by atoms with Gasteiger partial charge in [0.2, 0.25) is 0 Å². The van der Waals surface area contributed by atoms with Crippen LogP contribution in [0.25, 0.3) is 0 Å². The van der Waals surface area contributed by atoms with E-state index in [1.807, 2.05) is 18.7 Å². The summed E-state index contributed by atoms with van der Waals surface area (Å²) in [7, 11) is 6.10. The topological polar surface area (TPSA) is 47.1 Å². The van der Waals surface area contributed by atoms with Crippen molar-refractivity contribution >= 4 is 0 Å². The van der Waals surface area contributed by atoms with Crippen molar-refractivity contribution in [1.82, 2.24) is 14.7 Å². The number of nitrogens with zero attached hydrogens (tertiary/aromatic N) is 3. The van der Waals surface area contributed by atoms with Crippen molar-refractivity contribution in [3.8, 4) is 0 Å². The first-order chi connectivity index (χ1) is 7.25. The zero-order valence-electron chi connectivity index (χ0n) is 11.3. The van der Waals surface area contributed by atoms with Gasteiger partial charge in [-0.15, -0.1) is 0 Å². The van der Waals surface area contributed by atoms with Gasteiger partial charge in [0.05, 0.1) is 5.69 Å². The van der Waals surface area contributed by atoms with Crippen molar-refractivity contribution in [1.29, 1.82) is 0 Å². The van der Waals surface area contributed by atoms with E-state index in [1.54, 1.807) is 0 Å². The van der Waals surface area contributed by atoms with Crippen LogP contribution in [0.4, 0.5) is 0 Å². The molecule has 1 aromatic rings. The Hall–Kier alpha value is -0.870. The van der Waals surface area contributed by atoms with Crippen molar-refractivity contribution in [2.45, 2.75) is 38.8 Å². The molecule has 0 amide bonds. The van der Waals surface area contributed by atoms with E-state index in [0.717, 1.165) is 12.1 Å². The second-order valence-electron chi connectivity index (χ2n) is 5.26. The van der Waals surface area contributed by atoms with Gasteiger partial charge in [-0.1, -0.05) is 0 Å².